The van der Waals surface area contributed by atoms with Crippen LogP contribution in [-0.4, -0.2) is 50.2 Å². The Labute approximate surface area is 185 Å². The number of anilines is 1. The Hall–Kier alpha value is -2.95. The maximum absolute atomic E-state index is 12.8. The van der Waals surface area contributed by atoms with Gasteiger partial charge >= 0.3 is 0 Å². The number of nitrogens with zero attached hydrogens (tertiary/aromatic N) is 3. The first-order valence-electron chi connectivity index (χ1n) is 10.2. The Kier molecular flexibility index (Phi) is 8.98. The molecule has 1 saturated carbocycles. The highest BCUT2D eigenvalue weighted by molar-refractivity contribution is 7.17. The van der Waals surface area contributed by atoms with Crippen LogP contribution in [0.25, 0.3) is 0 Å². The van der Waals surface area contributed by atoms with Gasteiger partial charge < -0.3 is 21.5 Å². The molecule has 11 heteroatoms. The van der Waals surface area contributed by atoms with Crippen molar-refractivity contribution in [2.45, 2.75) is 65.1 Å². The number of hydrogen-bond acceptors (Lipinski definition) is 7. The molecule has 31 heavy (non-hydrogen) atoms. The number of carboxylic acid groups (broad SMARTS) is 1. The molecule has 0 aliphatic heterocycles. The van der Waals surface area contributed by atoms with Gasteiger partial charge in [0.2, 0.25) is 0 Å². The molecule has 170 valence electrons. The van der Waals surface area contributed by atoms with Crippen molar-refractivity contribution >= 4 is 34.8 Å². The Balaban J connectivity index is 0.00000107. The molecular weight excluding hydrogens is 420 g/mol. The highest BCUT2D eigenvalue weighted by Crippen LogP contribution is 2.22. The number of nitrogens with two attached hydrogens (primary N) is 1. The van der Waals surface area contributed by atoms with Gasteiger partial charge in [0, 0.05) is 18.6 Å². The molecule has 5 N–H and O–H groups in total. The first kappa shape index (κ1) is 24.3. The molecule has 1 fully saturated rings. The van der Waals surface area contributed by atoms with E-state index in [0.29, 0.717) is 34.6 Å². The van der Waals surface area contributed by atoms with Gasteiger partial charge in [-0.1, -0.05) is 25.2 Å². The first-order chi connectivity index (χ1) is 14.8. The maximum Gasteiger partial charge on any atom is 0.290 e. The molecule has 0 unspecified atom stereocenters. The van der Waals surface area contributed by atoms with E-state index < -0.39 is 0 Å². The standard InChI is InChI=1S/C19H28N6O2S.CH2O2/c1-4-25-15(9-14(24-25)7-11(2)3)17(26)22-12-5-6-13(8-12)23-18(27)16-10-21-19(20)28-16;2-1-3/h9-13H,4-8H2,1-3H3,(H2,20,21)(H,22,26)(H,23,27);1H,(H,2,3)/t12-,13+;/m1./s1. The monoisotopic (exact) mass is 450 g/mol. The molecule has 1 aliphatic carbocycles. The fourth-order valence-electron chi connectivity index (χ4n) is 3.56. The summed E-state index contributed by atoms with van der Waals surface area (Å²) in [5.41, 5.74) is 7.13. The second kappa shape index (κ2) is 11.4. The molecule has 2 amide bonds. The third kappa shape index (κ3) is 7.06. The third-order valence-electron chi connectivity index (χ3n) is 4.83. The van der Waals surface area contributed by atoms with Gasteiger partial charge in [-0.05, 0) is 44.6 Å². The molecule has 2 aromatic heterocycles. The highest BCUT2D eigenvalue weighted by Gasteiger charge is 2.29. The Morgan fingerprint density at radius 2 is 1.94 bits per heavy atom. The van der Waals surface area contributed by atoms with Crippen molar-refractivity contribution in [3.05, 3.63) is 28.5 Å². The van der Waals surface area contributed by atoms with E-state index in [2.05, 4.69) is 34.6 Å². The zero-order valence-corrected chi connectivity index (χ0v) is 18.8. The predicted molar refractivity (Wildman–Crippen MR) is 118 cm³/mol. The second-order valence-corrected chi connectivity index (χ2v) is 8.82. The normalized spacial score (nSPS) is 17.7. The average Bonchev–Trinajstić information content (AvgIpc) is 3.42. The van der Waals surface area contributed by atoms with Crippen molar-refractivity contribution in [2.24, 2.45) is 5.92 Å². The lowest BCUT2D eigenvalue weighted by Gasteiger charge is -2.14. The van der Waals surface area contributed by atoms with Crippen molar-refractivity contribution in [1.82, 2.24) is 25.4 Å². The van der Waals surface area contributed by atoms with Gasteiger partial charge in [0.25, 0.3) is 18.3 Å². The lowest BCUT2D eigenvalue weighted by Crippen LogP contribution is -2.37. The minimum absolute atomic E-state index is 0.0358. The van der Waals surface area contributed by atoms with Crippen LogP contribution in [0, 0.1) is 5.92 Å². The van der Waals surface area contributed by atoms with Gasteiger partial charge in [-0.25, -0.2) is 4.98 Å². The van der Waals surface area contributed by atoms with Crippen LogP contribution >= 0.6 is 11.3 Å². The molecule has 0 saturated heterocycles. The van der Waals surface area contributed by atoms with Crippen LogP contribution in [0.2, 0.25) is 0 Å². The van der Waals surface area contributed by atoms with E-state index in [1.807, 2.05) is 13.0 Å². The van der Waals surface area contributed by atoms with E-state index in [0.717, 1.165) is 25.0 Å². The summed E-state index contributed by atoms with van der Waals surface area (Å²) in [5.74, 6) is 0.231. The van der Waals surface area contributed by atoms with Crippen LogP contribution in [-0.2, 0) is 17.8 Å². The fourth-order valence-corrected chi connectivity index (χ4v) is 4.15. The largest absolute Gasteiger partial charge is 0.483 e. The summed E-state index contributed by atoms with van der Waals surface area (Å²) in [4.78, 5) is 37.8. The number of amides is 2. The van der Waals surface area contributed by atoms with Gasteiger partial charge in [-0.15, -0.1) is 0 Å². The zero-order chi connectivity index (χ0) is 23.0. The van der Waals surface area contributed by atoms with Gasteiger partial charge in [-0.3, -0.25) is 19.1 Å². The SMILES string of the molecule is CCn1nc(CC(C)C)cc1C(=O)N[C@@H]1CC[C@H](NC(=O)c2cnc(N)s2)C1.O=CO. The molecule has 1 aliphatic rings. The molecular formula is C20H30N6O4S. The summed E-state index contributed by atoms with van der Waals surface area (Å²) in [6, 6.07) is 1.97. The second-order valence-electron chi connectivity index (χ2n) is 7.76. The minimum atomic E-state index is -0.250. The summed E-state index contributed by atoms with van der Waals surface area (Å²) in [6.45, 7) is 6.66. The molecule has 3 rings (SSSR count). The van der Waals surface area contributed by atoms with Crippen LogP contribution in [0.5, 0.6) is 0 Å². The summed E-state index contributed by atoms with van der Waals surface area (Å²) in [7, 11) is 0. The molecule has 2 heterocycles. The third-order valence-corrected chi connectivity index (χ3v) is 5.66. The number of rotatable bonds is 7. The molecule has 2 aromatic rings. The number of thiazole rings is 1. The van der Waals surface area contributed by atoms with E-state index >= 15 is 0 Å². The number of carbonyl (C=O) groups is 3. The zero-order valence-electron chi connectivity index (χ0n) is 18.0. The Morgan fingerprint density at radius 1 is 1.32 bits per heavy atom. The van der Waals surface area contributed by atoms with Crippen molar-refractivity contribution in [3.63, 3.8) is 0 Å². The number of aromatic nitrogens is 3. The average molecular weight is 451 g/mol. The highest BCUT2D eigenvalue weighted by atomic mass is 32.1. The maximum atomic E-state index is 12.8. The molecule has 0 radical (unpaired) electrons. The van der Waals surface area contributed by atoms with E-state index in [1.165, 1.54) is 17.5 Å². The topological polar surface area (TPSA) is 152 Å². The molecule has 0 spiro atoms. The lowest BCUT2D eigenvalue weighted by atomic mass is 10.1. The number of carbonyl (C=O) groups excluding carboxylic acids is 2. The van der Waals surface area contributed by atoms with Gasteiger partial charge in [0.1, 0.15) is 10.6 Å². The smallest absolute Gasteiger partial charge is 0.290 e. The number of nitrogen functional groups attached to an aromatic ring is 1. The van der Waals surface area contributed by atoms with Gasteiger partial charge in [0.15, 0.2) is 5.13 Å². The molecule has 0 bridgehead atoms. The summed E-state index contributed by atoms with van der Waals surface area (Å²) in [5, 5.41) is 17.9. The first-order valence-corrected chi connectivity index (χ1v) is 11.1. The van der Waals surface area contributed by atoms with Crippen LogP contribution in [0.15, 0.2) is 12.3 Å². The number of hydrogen-bond donors (Lipinski definition) is 4. The van der Waals surface area contributed by atoms with E-state index in [1.54, 1.807) is 4.68 Å². The minimum Gasteiger partial charge on any atom is -0.483 e. The van der Waals surface area contributed by atoms with Crippen molar-refractivity contribution < 1.29 is 19.5 Å². The number of nitrogens with one attached hydrogen (secondary N) is 2. The summed E-state index contributed by atoms with van der Waals surface area (Å²) < 4.78 is 1.76. The molecule has 10 nitrogen and oxygen atoms in total. The predicted octanol–water partition coefficient (Wildman–Crippen LogP) is 1.92. The quantitative estimate of drug-likeness (QED) is 0.470. The molecule has 2 atom stereocenters. The lowest BCUT2D eigenvalue weighted by molar-refractivity contribution is -0.122. The van der Waals surface area contributed by atoms with Crippen molar-refractivity contribution in [2.75, 3.05) is 5.73 Å². The summed E-state index contributed by atoms with van der Waals surface area (Å²) >= 11 is 1.17. The van der Waals surface area contributed by atoms with E-state index in [-0.39, 0.29) is 30.4 Å². The van der Waals surface area contributed by atoms with Crippen molar-refractivity contribution in [1.29, 1.82) is 0 Å². The van der Waals surface area contributed by atoms with Crippen LogP contribution in [0.3, 0.4) is 0 Å². The van der Waals surface area contributed by atoms with Crippen LogP contribution in [0.4, 0.5) is 5.13 Å². The van der Waals surface area contributed by atoms with Crippen molar-refractivity contribution in [3.8, 4) is 0 Å². The van der Waals surface area contributed by atoms with Crippen LogP contribution in [0.1, 0.15) is 65.9 Å². The summed E-state index contributed by atoms with van der Waals surface area (Å²) in [6.07, 6.45) is 4.72. The van der Waals surface area contributed by atoms with E-state index in [9.17, 15) is 9.59 Å². The Morgan fingerprint density at radius 3 is 2.45 bits per heavy atom. The molecule has 0 aromatic carbocycles. The van der Waals surface area contributed by atoms with Crippen LogP contribution < -0.4 is 16.4 Å². The number of aryl methyl sites for hydroxylation is 1. The van der Waals surface area contributed by atoms with Gasteiger partial charge in [-0.2, -0.15) is 5.10 Å². The van der Waals surface area contributed by atoms with Gasteiger partial charge in [0.05, 0.1) is 11.9 Å². The fraction of sp³-hybridized carbons (Fsp3) is 0.550. The van der Waals surface area contributed by atoms with E-state index in [4.69, 9.17) is 15.6 Å². The Bertz CT molecular complexity index is 894.